The van der Waals surface area contributed by atoms with E-state index in [9.17, 15) is 0 Å². The van der Waals surface area contributed by atoms with Gasteiger partial charge in [-0.1, -0.05) is 29.8 Å². The largest absolute Gasteiger partial charge is 0.378 e. The molecule has 2 aromatic heterocycles. The summed E-state index contributed by atoms with van der Waals surface area (Å²) in [5, 5.41) is 9.69. The Balaban J connectivity index is 1.77. The minimum Gasteiger partial charge on any atom is -0.378 e. The second kappa shape index (κ2) is 5.46. The lowest BCUT2D eigenvalue weighted by Gasteiger charge is -2.04. The first-order valence-electron chi connectivity index (χ1n) is 6.59. The Hall–Kier alpha value is -1.52. The molecule has 20 heavy (non-hydrogen) atoms. The standard InChI is InChI=1S/C15H16ClN3S/c1-10(2)19-9-11(7-18-19)17-8-14-15(16)12-5-3-4-6-13(12)20-14/h3-7,9-10,17H,8H2,1-2H3. The van der Waals surface area contributed by atoms with Crippen molar-refractivity contribution >= 4 is 38.7 Å². The van der Waals surface area contributed by atoms with Crippen molar-refractivity contribution in [2.45, 2.75) is 26.4 Å². The topological polar surface area (TPSA) is 29.9 Å². The maximum Gasteiger partial charge on any atom is 0.0729 e. The van der Waals surface area contributed by atoms with E-state index in [-0.39, 0.29) is 0 Å². The van der Waals surface area contributed by atoms with Gasteiger partial charge in [0.05, 0.1) is 23.5 Å². The van der Waals surface area contributed by atoms with E-state index in [1.54, 1.807) is 11.3 Å². The van der Waals surface area contributed by atoms with Gasteiger partial charge >= 0.3 is 0 Å². The van der Waals surface area contributed by atoms with Crippen molar-refractivity contribution in [1.29, 1.82) is 0 Å². The van der Waals surface area contributed by atoms with Gasteiger partial charge in [0.2, 0.25) is 0 Å². The molecule has 0 fully saturated rings. The molecule has 0 saturated heterocycles. The first-order chi connectivity index (χ1) is 9.65. The van der Waals surface area contributed by atoms with E-state index in [1.807, 2.05) is 29.2 Å². The molecule has 0 amide bonds. The molecular formula is C15H16ClN3S. The summed E-state index contributed by atoms with van der Waals surface area (Å²) in [6.45, 7) is 4.95. The molecule has 0 aliphatic carbocycles. The molecule has 0 bridgehead atoms. The molecule has 3 nitrogen and oxygen atoms in total. The predicted molar refractivity (Wildman–Crippen MR) is 86.8 cm³/mol. The smallest absolute Gasteiger partial charge is 0.0729 e. The van der Waals surface area contributed by atoms with E-state index >= 15 is 0 Å². The molecule has 1 aromatic carbocycles. The molecule has 0 aliphatic rings. The molecule has 0 atom stereocenters. The Morgan fingerprint density at radius 1 is 1.35 bits per heavy atom. The number of halogens is 1. The number of thiophene rings is 1. The van der Waals surface area contributed by atoms with E-state index in [4.69, 9.17) is 11.6 Å². The lowest BCUT2D eigenvalue weighted by atomic mass is 10.2. The van der Waals surface area contributed by atoms with Gasteiger partial charge in [0, 0.05) is 27.2 Å². The molecule has 0 aliphatic heterocycles. The van der Waals surface area contributed by atoms with Crippen LogP contribution in [-0.2, 0) is 6.54 Å². The molecule has 0 spiro atoms. The van der Waals surface area contributed by atoms with Crippen LogP contribution in [0.2, 0.25) is 5.02 Å². The number of fused-ring (bicyclic) bond motifs is 1. The van der Waals surface area contributed by atoms with Gasteiger partial charge in [-0.05, 0) is 19.9 Å². The van der Waals surface area contributed by atoms with Crippen molar-refractivity contribution in [3.05, 3.63) is 46.6 Å². The highest BCUT2D eigenvalue weighted by molar-refractivity contribution is 7.19. The summed E-state index contributed by atoms with van der Waals surface area (Å²) in [6, 6.07) is 8.60. The third-order valence-corrected chi connectivity index (χ3v) is 4.90. The van der Waals surface area contributed by atoms with Crippen molar-refractivity contribution in [2.75, 3.05) is 5.32 Å². The maximum absolute atomic E-state index is 6.43. The fourth-order valence-electron chi connectivity index (χ4n) is 2.07. The van der Waals surface area contributed by atoms with Gasteiger partial charge in [-0.3, -0.25) is 4.68 Å². The van der Waals surface area contributed by atoms with Gasteiger partial charge in [-0.2, -0.15) is 5.10 Å². The number of aromatic nitrogens is 2. The van der Waals surface area contributed by atoms with Gasteiger partial charge in [0.1, 0.15) is 0 Å². The van der Waals surface area contributed by atoms with Gasteiger partial charge in [0.15, 0.2) is 0 Å². The van der Waals surface area contributed by atoms with Gasteiger partial charge in [-0.25, -0.2) is 0 Å². The Morgan fingerprint density at radius 2 is 2.15 bits per heavy atom. The highest BCUT2D eigenvalue weighted by atomic mass is 35.5. The third kappa shape index (κ3) is 2.53. The highest BCUT2D eigenvalue weighted by Gasteiger charge is 2.10. The normalized spacial score (nSPS) is 11.4. The van der Waals surface area contributed by atoms with E-state index in [0.29, 0.717) is 6.04 Å². The lowest BCUT2D eigenvalue weighted by molar-refractivity contribution is 0.532. The van der Waals surface area contributed by atoms with Crippen molar-refractivity contribution < 1.29 is 0 Å². The number of hydrogen-bond donors (Lipinski definition) is 1. The Labute approximate surface area is 127 Å². The minimum atomic E-state index is 0.374. The number of hydrogen-bond acceptors (Lipinski definition) is 3. The zero-order chi connectivity index (χ0) is 14.1. The molecule has 3 rings (SSSR count). The molecule has 104 valence electrons. The van der Waals surface area contributed by atoms with Crippen LogP contribution in [0.1, 0.15) is 24.8 Å². The number of nitrogens with one attached hydrogen (secondary N) is 1. The molecule has 2 heterocycles. The number of nitrogens with zero attached hydrogens (tertiary/aromatic N) is 2. The zero-order valence-electron chi connectivity index (χ0n) is 11.4. The first kappa shape index (κ1) is 13.5. The lowest BCUT2D eigenvalue weighted by Crippen LogP contribution is -2.00. The van der Waals surface area contributed by atoms with Crippen molar-refractivity contribution in [3.8, 4) is 0 Å². The summed E-state index contributed by atoms with van der Waals surface area (Å²) in [5.74, 6) is 0. The summed E-state index contributed by atoms with van der Waals surface area (Å²) in [4.78, 5) is 1.16. The van der Waals surface area contributed by atoms with Crippen LogP contribution >= 0.6 is 22.9 Å². The Bertz CT molecular complexity index is 730. The molecule has 0 unspecified atom stereocenters. The van der Waals surface area contributed by atoms with Gasteiger partial charge < -0.3 is 5.32 Å². The molecule has 0 radical (unpaired) electrons. The zero-order valence-corrected chi connectivity index (χ0v) is 13.0. The molecule has 1 N–H and O–H groups in total. The number of benzene rings is 1. The summed E-state index contributed by atoms with van der Waals surface area (Å²) in [6.07, 6.45) is 3.87. The van der Waals surface area contributed by atoms with E-state index < -0.39 is 0 Å². The van der Waals surface area contributed by atoms with Crippen LogP contribution in [-0.4, -0.2) is 9.78 Å². The molecule has 3 aromatic rings. The van der Waals surface area contributed by atoms with Gasteiger partial charge in [-0.15, -0.1) is 11.3 Å². The average Bonchev–Trinajstić information content (AvgIpc) is 3.03. The van der Waals surface area contributed by atoms with Crippen LogP contribution in [0.4, 0.5) is 5.69 Å². The van der Waals surface area contributed by atoms with Crippen LogP contribution in [0.15, 0.2) is 36.7 Å². The van der Waals surface area contributed by atoms with Crippen LogP contribution in [0.5, 0.6) is 0 Å². The number of rotatable bonds is 4. The van der Waals surface area contributed by atoms with Crippen molar-refractivity contribution in [1.82, 2.24) is 9.78 Å². The predicted octanol–water partition coefficient (Wildman–Crippen LogP) is 4.94. The second-order valence-electron chi connectivity index (χ2n) is 4.99. The molecule has 0 saturated carbocycles. The maximum atomic E-state index is 6.43. The second-order valence-corrected chi connectivity index (χ2v) is 6.51. The van der Waals surface area contributed by atoms with Crippen LogP contribution in [0.25, 0.3) is 10.1 Å². The summed E-state index contributed by atoms with van der Waals surface area (Å²) in [7, 11) is 0. The van der Waals surface area contributed by atoms with E-state index in [1.165, 1.54) is 4.70 Å². The first-order valence-corrected chi connectivity index (χ1v) is 7.78. The number of anilines is 1. The molecule has 5 heteroatoms. The summed E-state index contributed by atoms with van der Waals surface area (Å²) >= 11 is 8.16. The molecular weight excluding hydrogens is 290 g/mol. The van der Waals surface area contributed by atoms with Crippen molar-refractivity contribution in [3.63, 3.8) is 0 Å². The summed E-state index contributed by atoms with van der Waals surface area (Å²) in [5.41, 5.74) is 1.02. The van der Waals surface area contributed by atoms with Crippen LogP contribution < -0.4 is 5.32 Å². The third-order valence-electron chi connectivity index (χ3n) is 3.19. The SMILES string of the molecule is CC(C)n1cc(NCc2sc3ccccc3c2Cl)cn1. The minimum absolute atomic E-state index is 0.374. The fourth-order valence-corrected chi connectivity index (χ4v) is 3.51. The van der Waals surface area contributed by atoms with E-state index in [2.05, 4.69) is 36.4 Å². The monoisotopic (exact) mass is 305 g/mol. The van der Waals surface area contributed by atoms with Crippen LogP contribution in [0, 0.1) is 0 Å². The fraction of sp³-hybridized carbons (Fsp3) is 0.267. The average molecular weight is 306 g/mol. The Kier molecular flexibility index (Phi) is 3.68. The summed E-state index contributed by atoms with van der Waals surface area (Å²) < 4.78 is 3.17. The van der Waals surface area contributed by atoms with E-state index in [0.717, 1.165) is 27.5 Å². The van der Waals surface area contributed by atoms with Gasteiger partial charge in [0.25, 0.3) is 0 Å². The van der Waals surface area contributed by atoms with Crippen molar-refractivity contribution in [2.24, 2.45) is 0 Å². The highest BCUT2D eigenvalue weighted by Crippen LogP contribution is 2.35. The Morgan fingerprint density at radius 3 is 2.85 bits per heavy atom. The quantitative estimate of drug-likeness (QED) is 0.739. The van der Waals surface area contributed by atoms with Crippen LogP contribution in [0.3, 0.4) is 0 Å².